The van der Waals surface area contributed by atoms with Crippen molar-refractivity contribution in [2.24, 2.45) is 5.41 Å². The van der Waals surface area contributed by atoms with Crippen molar-refractivity contribution < 1.29 is 24.2 Å². The third kappa shape index (κ3) is 3.23. The molecule has 0 aliphatic carbocycles. The monoisotopic (exact) mass is 285 g/mol. The average molecular weight is 285 g/mol. The summed E-state index contributed by atoms with van der Waals surface area (Å²) in [6.45, 7) is 6.96. The number of hydrogen-bond acceptors (Lipinski definition) is 4. The van der Waals surface area contributed by atoms with Gasteiger partial charge in [-0.25, -0.2) is 9.59 Å². The zero-order chi connectivity index (χ0) is 15.0. The lowest BCUT2D eigenvalue weighted by Gasteiger charge is -2.33. The van der Waals surface area contributed by atoms with E-state index in [1.54, 1.807) is 20.8 Å². The van der Waals surface area contributed by atoms with E-state index in [2.05, 4.69) is 0 Å². The molecule has 0 unspecified atom stereocenters. The summed E-state index contributed by atoms with van der Waals surface area (Å²) in [5.41, 5.74) is -0.850. The molecule has 2 aliphatic heterocycles. The summed E-state index contributed by atoms with van der Waals surface area (Å²) >= 11 is 0. The van der Waals surface area contributed by atoms with Crippen molar-refractivity contribution in [3.05, 3.63) is 0 Å². The predicted octanol–water partition coefficient (Wildman–Crippen LogP) is 1.88. The number of carbonyl (C=O) groups is 2. The minimum absolute atomic E-state index is 0.224. The Morgan fingerprint density at radius 3 is 2.60 bits per heavy atom. The van der Waals surface area contributed by atoms with Crippen molar-refractivity contribution in [3.63, 3.8) is 0 Å². The van der Waals surface area contributed by atoms with E-state index in [0.717, 1.165) is 12.8 Å². The normalized spacial score (nSPS) is 30.6. The lowest BCUT2D eigenvalue weighted by atomic mass is 9.80. The van der Waals surface area contributed by atoms with Crippen molar-refractivity contribution >= 4 is 12.1 Å². The van der Waals surface area contributed by atoms with Gasteiger partial charge >= 0.3 is 12.1 Å². The van der Waals surface area contributed by atoms with Gasteiger partial charge in [-0.15, -0.1) is 0 Å². The third-order valence-electron chi connectivity index (χ3n) is 3.83. The van der Waals surface area contributed by atoms with Crippen LogP contribution in [-0.2, 0) is 14.3 Å². The van der Waals surface area contributed by atoms with E-state index in [-0.39, 0.29) is 5.41 Å². The van der Waals surface area contributed by atoms with Crippen molar-refractivity contribution in [1.82, 2.24) is 4.90 Å². The van der Waals surface area contributed by atoms with E-state index in [9.17, 15) is 14.7 Å². The number of nitrogens with zero attached hydrogens (tertiary/aromatic N) is 1. The first-order valence-corrected chi connectivity index (χ1v) is 7.03. The molecule has 2 saturated heterocycles. The van der Waals surface area contributed by atoms with Crippen molar-refractivity contribution in [2.75, 3.05) is 19.8 Å². The van der Waals surface area contributed by atoms with Gasteiger partial charge in [0.1, 0.15) is 11.6 Å². The van der Waals surface area contributed by atoms with Gasteiger partial charge < -0.3 is 14.6 Å². The molecule has 1 spiro atoms. The molecule has 0 bridgehead atoms. The van der Waals surface area contributed by atoms with Crippen LogP contribution in [0.4, 0.5) is 4.79 Å². The fraction of sp³-hybridized carbons (Fsp3) is 0.857. The second kappa shape index (κ2) is 5.24. The number of likely N-dealkylation sites (tertiary alicyclic amines) is 1. The van der Waals surface area contributed by atoms with Gasteiger partial charge in [-0.2, -0.15) is 0 Å². The van der Waals surface area contributed by atoms with Gasteiger partial charge in [-0.1, -0.05) is 0 Å². The second-order valence-corrected chi connectivity index (χ2v) is 6.82. The number of amides is 1. The quantitative estimate of drug-likeness (QED) is 0.796. The highest BCUT2D eigenvalue weighted by Gasteiger charge is 2.50. The van der Waals surface area contributed by atoms with E-state index >= 15 is 0 Å². The Balaban J connectivity index is 2.13. The van der Waals surface area contributed by atoms with Gasteiger partial charge in [0.15, 0.2) is 0 Å². The highest BCUT2D eigenvalue weighted by atomic mass is 16.6. The van der Waals surface area contributed by atoms with E-state index in [1.807, 2.05) is 0 Å². The Kier molecular flexibility index (Phi) is 3.95. The number of ether oxygens (including phenoxy) is 2. The Morgan fingerprint density at radius 2 is 2.10 bits per heavy atom. The second-order valence-electron chi connectivity index (χ2n) is 6.82. The molecule has 0 radical (unpaired) electrons. The maximum absolute atomic E-state index is 12.2. The van der Waals surface area contributed by atoms with Crippen LogP contribution < -0.4 is 0 Å². The average Bonchev–Trinajstić information content (AvgIpc) is 2.68. The summed E-state index contributed by atoms with van der Waals surface area (Å²) in [6.07, 6.45) is 1.71. The summed E-state index contributed by atoms with van der Waals surface area (Å²) < 4.78 is 10.8. The standard InChI is InChI=1S/C14H23NO5/c1-13(2,3)20-12(18)15-8-14(5-4-6-19-9-14)7-10(15)11(16)17/h10H,4-9H2,1-3H3,(H,16,17)/t10-,14+/m0/s1. The third-order valence-corrected chi connectivity index (χ3v) is 3.83. The van der Waals surface area contributed by atoms with E-state index in [1.165, 1.54) is 4.90 Å². The molecule has 0 aromatic carbocycles. The van der Waals surface area contributed by atoms with E-state index in [0.29, 0.717) is 26.2 Å². The summed E-state index contributed by atoms with van der Waals surface area (Å²) in [5.74, 6) is -0.974. The SMILES string of the molecule is CC(C)(C)OC(=O)N1C[C@@]2(CCCOC2)C[C@H]1C(=O)O. The molecule has 6 heteroatoms. The Hall–Kier alpha value is -1.30. The smallest absolute Gasteiger partial charge is 0.411 e. The maximum Gasteiger partial charge on any atom is 0.411 e. The zero-order valence-electron chi connectivity index (χ0n) is 12.3. The summed E-state index contributed by atoms with van der Waals surface area (Å²) in [5, 5.41) is 9.35. The molecule has 1 N–H and O–H groups in total. The molecular weight excluding hydrogens is 262 g/mol. The van der Waals surface area contributed by atoms with Crippen LogP contribution in [0, 0.1) is 5.41 Å². The number of carboxylic acids is 1. The lowest BCUT2D eigenvalue weighted by molar-refractivity contribution is -0.142. The number of carbonyl (C=O) groups excluding carboxylic acids is 1. The molecule has 0 aromatic heterocycles. The summed E-state index contributed by atoms with van der Waals surface area (Å²) in [4.78, 5) is 25.0. The molecule has 0 saturated carbocycles. The van der Waals surface area contributed by atoms with Crippen molar-refractivity contribution in [1.29, 1.82) is 0 Å². The minimum Gasteiger partial charge on any atom is -0.480 e. The molecule has 2 rings (SSSR count). The van der Waals surface area contributed by atoms with Crippen LogP contribution in [0.3, 0.4) is 0 Å². The van der Waals surface area contributed by atoms with Crippen molar-refractivity contribution in [3.8, 4) is 0 Å². The van der Waals surface area contributed by atoms with E-state index in [4.69, 9.17) is 9.47 Å². The van der Waals surface area contributed by atoms with Crippen LogP contribution in [0.5, 0.6) is 0 Å². The fourth-order valence-corrected chi connectivity index (χ4v) is 2.99. The number of rotatable bonds is 1. The van der Waals surface area contributed by atoms with Gasteiger partial charge in [-0.05, 0) is 40.0 Å². The zero-order valence-corrected chi connectivity index (χ0v) is 12.3. The predicted molar refractivity (Wildman–Crippen MR) is 71.5 cm³/mol. The first-order chi connectivity index (χ1) is 9.22. The number of hydrogen-bond donors (Lipinski definition) is 1. The minimum atomic E-state index is -0.974. The largest absolute Gasteiger partial charge is 0.480 e. The molecule has 0 aromatic rings. The molecule has 2 atom stereocenters. The van der Waals surface area contributed by atoms with Crippen LogP contribution in [-0.4, -0.2) is 53.5 Å². The van der Waals surface area contributed by atoms with Gasteiger partial charge in [-0.3, -0.25) is 4.90 Å². The molecule has 114 valence electrons. The van der Waals surface area contributed by atoms with Crippen LogP contribution in [0.25, 0.3) is 0 Å². The van der Waals surface area contributed by atoms with Crippen LogP contribution in [0.2, 0.25) is 0 Å². The number of carboxylic acid groups (broad SMARTS) is 1. The van der Waals surface area contributed by atoms with Gasteiger partial charge in [0.25, 0.3) is 0 Å². The van der Waals surface area contributed by atoms with Crippen LogP contribution in [0.1, 0.15) is 40.0 Å². The molecule has 6 nitrogen and oxygen atoms in total. The first kappa shape index (κ1) is 15.1. The Morgan fingerprint density at radius 1 is 1.40 bits per heavy atom. The van der Waals surface area contributed by atoms with Crippen molar-refractivity contribution in [2.45, 2.75) is 51.7 Å². The molecule has 2 fully saturated rings. The van der Waals surface area contributed by atoms with Gasteiger partial charge in [0.2, 0.25) is 0 Å². The maximum atomic E-state index is 12.2. The fourth-order valence-electron chi connectivity index (χ4n) is 2.99. The topological polar surface area (TPSA) is 76.1 Å². The Labute approximate surface area is 119 Å². The molecule has 2 heterocycles. The molecule has 20 heavy (non-hydrogen) atoms. The highest BCUT2D eigenvalue weighted by Crippen LogP contribution is 2.41. The Bertz CT molecular complexity index is 395. The summed E-state index contributed by atoms with van der Waals surface area (Å²) in [7, 11) is 0. The number of aliphatic carboxylic acids is 1. The highest BCUT2D eigenvalue weighted by molar-refractivity contribution is 5.81. The lowest BCUT2D eigenvalue weighted by Crippen LogP contribution is -2.44. The van der Waals surface area contributed by atoms with E-state index < -0.39 is 23.7 Å². The van der Waals surface area contributed by atoms with Gasteiger partial charge in [0, 0.05) is 18.6 Å². The first-order valence-electron chi connectivity index (χ1n) is 7.03. The van der Waals surface area contributed by atoms with Gasteiger partial charge in [0.05, 0.1) is 6.61 Å². The molecular formula is C14H23NO5. The molecule has 1 amide bonds. The summed E-state index contributed by atoms with van der Waals surface area (Å²) in [6, 6.07) is -0.813. The molecule has 2 aliphatic rings. The van der Waals surface area contributed by atoms with Crippen LogP contribution >= 0.6 is 0 Å². The van der Waals surface area contributed by atoms with Crippen LogP contribution in [0.15, 0.2) is 0 Å².